The molecule has 2 aromatic heterocycles. The van der Waals surface area contributed by atoms with Gasteiger partial charge in [0.15, 0.2) is 0 Å². The maximum Gasteiger partial charge on any atom is 0.259 e. The van der Waals surface area contributed by atoms with Crippen LogP contribution in [0, 0.1) is 6.92 Å². The zero-order valence-corrected chi connectivity index (χ0v) is 18.6. The van der Waals surface area contributed by atoms with E-state index in [1.807, 2.05) is 32.2 Å². The number of anilines is 1. The van der Waals surface area contributed by atoms with Gasteiger partial charge in [-0.3, -0.25) is 0 Å². The van der Waals surface area contributed by atoms with E-state index in [4.69, 9.17) is 9.26 Å². The van der Waals surface area contributed by atoms with Crippen molar-refractivity contribution in [3.63, 3.8) is 0 Å². The molecule has 3 rings (SSSR count). The Bertz CT molecular complexity index is 1010. The van der Waals surface area contributed by atoms with E-state index in [1.165, 1.54) is 0 Å². The lowest BCUT2D eigenvalue weighted by atomic mass is 9.98. The van der Waals surface area contributed by atoms with Crippen LogP contribution in [0.2, 0.25) is 0 Å². The smallest absolute Gasteiger partial charge is 0.259 e. The summed E-state index contributed by atoms with van der Waals surface area (Å²) >= 11 is 0. The fourth-order valence-electron chi connectivity index (χ4n) is 3.57. The highest BCUT2D eigenvalue weighted by molar-refractivity contribution is 5.65. The summed E-state index contributed by atoms with van der Waals surface area (Å²) in [5.74, 6) is 2.67. The quantitative estimate of drug-likeness (QED) is 0.599. The average molecular weight is 411 g/mol. The maximum absolute atomic E-state index is 9.89. The highest BCUT2D eigenvalue weighted by Crippen LogP contribution is 2.32. The fourth-order valence-corrected chi connectivity index (χ4v) is 3.57. The van der Waals surface area contributed by atoms with Crippen molar-refractivity contribution in [1.82, 2.24) is 15.1 Å². The first-order chi connectivity index (χ1) is 14.4. The molecule has 7 heteroatoms. The number of aliphatic hydroxyl groups is 1. The fraction of sp³-hybridized carbons (Fsp3) is 0.435. The van der Waals surface area contributed by atoms with Gasteiger partial charge in [-0.05, 0) is 62.1 Å². The van der Waals surface area contributed by atoms with E-state index in [1.54, 1.807) is 20.2 Å². The third kappa shape index (κ3) is 4.46. The second-order valence-electron chi connectivity index (χ2n) is 7.54. The van der Waals surface area contributed by atoms with E-state index in [-0.39, 0.29) is 0 Å². The maximum atomic E-state index is 9.89. The molecular formula is C23H30N4O3. The number of hydrogen-bond acceptors (Lipinski definition) is 7. The van der Waals surface area contributed by atoms with Crippen molar-refractivity contribution in [3.8, 4) is 28.6 Å². The average Bonchev–Trinajstić information content (AvgIpc) is 3.22. The van der Waals surface area contributed by atoms with Crippen LogP contribution in [-0.4, -0.2) is 47.0 Å². The van der Waals surface area contributed by atoms with E-state index < -0.39 is 6.10 Å². The number of aryl methyl sites for hydroxylation is 2. The number of methoxy groups -OCH3 is 1. The molecule has 0 bridgehead atoms. The predicted molar refractivity (Wildman–Crippen MR) is 118 cm³/mol. The Morgan fingerprint density at radius 1 is 1.17 bits per heavy atom. The number of ether oxygens (including phenoxy) is 1. The van der Waals surface area contributed by atoms with Crippen molar-refractivity contribution < 1.29 is 14.4 Å². The standard InChI is InChI=1S/C23H30N4O3/c1-7-16-11-18(12-17(10-15(4)28)20(16)29-6)21-25-23(30-26-21)19-9-14(3)22(24-13-19)27(5)8-2/h9,11-13,15,28H,7-8,10H2,1-6H3. The molecule has 0 aliphatic rings. The predicted octanol–water partition coefficient (Wildman–Crippen LogP) is 4.06. The monoisotopic (exact) mass is 410 g/mol. The van der Waals surface area contributed by atoms with Gasteiger partial charge in [-0.25, -0.2) is 4.98 Å². The SMILES string of the molecule is CCc1cc(-c2noc(-c3cnc(N(C)CC)c(C)c3)n2)cc(CC(C)O)c1OC. The molecule has 7 nitrogen and oxygen atoms in total. The van der Waals surface area contributed by atoms with Gasteiger partial charge in [-0.15, -0.1) is 0 Å². The molecule has 0 saturated heterocycles. The Morgan fingerprint density at radius 3 is 2.50 bits per heavy atom. The van der Waals surface area contributed by atoms with Gasteiger partial charge >= 0.3 is 0 Å². The summed E-state index contributed by atoms with van der Waals surface area (Å²) in [4.78, 5) is 11.3. The van der Waals surface area contributed by atoms with Gasteiger partial charge in [-0.2, -0.15) is 4.98 Å². The summed E-state index contributed by atoms with van der Waals surface area (Å²) in [6, 6.07) is 5.99. The summed E-state index contributed by atoms with van der Waals surface area (Å²) in [6.07, 6.45) is 2.57. The van der Waals surface area contributed by atoms with Crippen LogP contribution in [0.15, 0.2) is 28.9 Å². The summed E-state index contributed by atoms with van der Waals surface area (Å²) in [5, 5.41) is 14.1. The van der Waals surface area contributed by atoms with E-state index in [9.17, 15) is 5.11 Å². The van der Waals surface area contributed by atoms with Crippen LogP contribution in [0.4, 0.5) is 5.82 Å². The van der Waals surface area contributed by atoms with Gasteiger partial charge < -0.3 is 19.3 Å². The van der Waals surface area contributed by atoms with E-state index >= 15 is 0 Å². The number of rotatable bonds is 8. The Kier molecular flexibility index (Phi) is 6.72. The molecule has 1 aromatic carbocycles. The van der Waals surface area contributed by atoms with Crippen molar-refractivity contribution in [1.29, 1.82) is 0 Å². The summed E-state index contributed by atoms with van der Waals surface area (Å²) in [6.45, 7) is 8.82. The number of benzene rings is 1. The molecule has 0 spiro atoms. The molecule has 2 heterocycles. The number of aliphatic hydroxyl groups excluding tert-OH is 1. The highest BCUT2D eigenvalue weighted by Gasteiger charge is 2.18. The lowest BCUT2D eigenvalue weighted by molar-refractivity contribution is 0.194. The van der Waals surface area contributed by atoms with E-state index in [2.05, 4.69) is 33.9 Å². The van der Waals surface area contributed by atoms with E-state index in [0.29, 0.717) is 18.1 Å². The zero-order chi connectivity index (χ0) is 21.8. The molecule has 3 aromatic rings. The van der Waals surface area contributed by atoms with Crippen LogP contribution in [0.3, 0.4) is 0 Å². The van der Waals surface area contributed by atoms with Crippen LogP contribution in [-0.2, 0) is 12.8 Å². The van der Waals surface area contributed by atoms with Crippen LogP contribution in [0.1, 0.15) is 37.5 Å². The number of hydrogen-bond donors (Lipinski definition) is 1. The van der Waals surface area contributed by atoms with Gasteiger partial charge in [0, 0.05) is 31.8 Å². The minimum Gasteiger partial charge on any atom is -0.496 e. The lowest BCUT2D eigenvalue weighted by Gasteiger charge is -2.17. The number of aromatic nitrogens is 3. The van der Waals surface area contributed by atoms with Gasteiger partial charge in [-0.1, -0.05) is 12.1 Å². The van der Waals surface area contributed by atoms with Crippen LogP contribution >= 0.6 is 0 Å². The van der Waals surface area contributed by atoms with Crippen LogP contribution in [0.25, 0.3) is 22.8 Å². The topological polar surface area (TPSA) is 84.5 Å². The van der Waals surface area contributed by atoms with Crippen LogP contribution in [0.5, 0.6) is 5.75 Å². The number of nitrogens with zero attached hydrogens (tertiary/aromatic N) is 4. The Labute approximate surface area is 177 Å². The molecule has 1 atom stereocenters. The molecule has 1 N–H and O–H groups in total. The molecule has 0 fully saturated rings. The second-order valence-corrected chi connectivity index (χ2v) is 7.54. The summed E-state index contributed by atoms with van der Waals surface area (Å²) in [7, 11) is 3.67. The Balaban J connectivity index is 1.99. The summed E-state index contributed by atoms with van der Waals surface area (Å²) in [5.41, 5.74) is 4.64. The summed E-state index contributed by atoms with van der Waals surface area (Å²) < 4.78 is 11.1. The minimum absolute atomic E-state index is 0.428. The molecule has 30 heavy (non-hydrogen) atoms. The van der Waals surface area contributed by atoms with Crippen molar-refractivity contribution in [2.24, 2.45) is 0 Å². The molecule has 0 aliphatic carbocycles. The van der Waals surface area contributed by atoms with Crippen molar-refractivity contribution in [3.05, 3.63) is 41.1 Å². The molecule has 0 radical (unpaired) electrons. The first-order valence-electron chi connectivity index (χ1n) is 10.3. The number of pyridine rings is 1. The zero-order valence-electron chi connectivity index (χ0n) is 18.6. The van der Waals surface area contributed by atoms with Crippen molar-refractivity contribution in [2.45, 2.75) is 46.6 Å². The second kappa shape index (κ2) is 9.26. The molecule has 0 aliphatic heterocycles. The Morgan fingerprint density at radius 2 is 1.90 bits per heavy atom. The van der Waals surface area contributed by atoms with Gasteiger partial charge in [0.2, 0.25) is 5.82 Å². The Hall–Kier alpha value is -2.93. The largest absolute Gasteiger partial charge is 0.496 e. The minimum atomic E-state index is -0.478. The third-order valence-corrected chi connectivity index (χ3v) is 5.16. The normalized spacial score (nSPS) is 12.1. The van der Waals surface area contributed by atoms with Gasteiger partial charge in [0.1, 0.15) is 11.6 Å². The molecule has 0 saturated carbocycles. The van der Waals surface area contributed by atoms with Crippen LogP contribution < -0.4 is 9.64 Å². The van der Waals surface area contributed by atoms with E-state index in [0.717, 1.165) is 52.4 Å². The molecule has 0 amide bonds. The molecular weight excluding hydrogens is 380 g/mol. The van der Waals surface area contributed by atoms with Crippen molar-refractivity contribution >= 4 is 5.82 Å². The van der Waals surface area contributed by atoms with Crippen molar-refractivity contribution in [2.75, 3.05) is 25.6 Å². The first-order valence-corrected chi connectivity index (χ1v) is 10.3. The molecule has 1 unspecified atom stereocenters. The first kappa shape index (κ1) is 21.8. The van der Waals surface area contributed by atoms with Gasteiger partial charge in [0.05, 0.1) is 18.8 Å². The highest BCUT2D eigenvalue weighted by atomic mass is 16.5. The molecule has 160 valence electrons. The lowest BCUT2D eigenvalue weighted by Crippen LogP contribution is -2.18. The third-order valence-electron chi connectivity index (χ3n) is 5.16. The van der Waals surface area contributed by atoms with Gasteiger partial charge in [0.25, 0.3) is 5.89 Å².